The maximum Gasteiger partial charge on any atom is 0.243 e. The number of carbonyl (C=O) groups excluding carboxylic acids is 1. The van der Waals surface area contributed by atoms with Crippen molar-refractivity contribution in [1.29, 1.82) is 0 Å². The third-order valence-corrected chi connectivity index (χ3v) is 2.21. The van der Waals surface area contributed by atoms with Crippen molar-refractivity contribution in [3.05, 3.63) is 0 Å². The minimum absolute atomic E-state index is 0. The first-order valence-corrected chi connectivity index (χ1v) is 4.94. The predicted octanol–water partition coefficient (Wildman–Crippen LogP) is -0.660. The van der Waals surface area contributed by atoms with Crippen molar-refractivity contribution in [1.82, 2.24) is 9.80 Å². The molecule has 0 aromatic carbocycles. The Kier molecular flexibility index (Phi) is 7.39. The van der Waals surface area contributed by atoms with Crippen LogP contribution in [0.5, 0.6) is 0 Å². The van der Waals surface area contributed by atoms with Gasteiger partial charge in [0.2, 0.25) is 5.91 Å². The smallest absolute Gasteiger partial charge is 0.243 e. The first-order valence-electron chi connectivity index (χ1n) is 4.94. The lowest BCUT2D eigenvalue weighted by Gasteiger charge is -2.27. The molecule has 1 aliphatic rings. The number of hydrogen-bond donors (Lipinski definition) is 1. The molecule has 0 bridgehead atoms. The van der Waals surface area contributed by atoms with Crippen LogP contribution in [0, 0.1) is 0 Å². The summed E-state index contributed by atoms with van der Waals surface area (Å²) in [5, 5.41) is 0. The molecule has 1 amide bonds. The summed E-state index contributed by atoms with van der Waals surface area (Å²) in [5.74, 6) is 0.375. The Balaban J connectivity index is 0.00000225. The zero-order valence-electron chi connectivity index (χ0n) is 9.68. The van der Waals surface area contributed by atoms with E-state index in [0.29, 0.717) is 19.2 Å². The second kappa shape index (κ2) is 7.66. The molecule has 6 nitrogen and oxygen atoms in total. The topological polar surface area (TPSA) is 71.2 Å². The van der Waals surface area contributed by atoms with Gasteiger partial charge in [-0.2, -0.15) is 0 Å². The summed E-state index contributed by atoms with van der Waals surface area (Å²) in [6, 6.07) is 0. The summed E-state index contributed by atoms with van der Waals surface area (Å²) in [7, 11) is 3.39. The summed E-state index contributed by atoms with van der Waals surface area (Å²) in [5.41, 5.74) is 5.75. The Bertz CT molecular complexity index is 252. The van der Waals surface area contributed by atoms with E-state index in [0.717, 1.165) is 13.1 Å². The highest BCUT2D eigenvalue weighted by molar-refractivity contribution is 14.0. The molecular formula is C9H19IN4O2. The van der Waals surface area contributed by atoms with Gasteiger partial charge in [0, 0.05) is 27.2 Å². The summed E-state index contributed by atoms with van der Waals surface area (Å²) in [6.07, 6.45) is 0. The van der Waals surface area contributed by atoms with Gasteiger partial charge in [0.1, 0.15) is 6.54 Å². The largest absolute Gasteiger partial charge is 0.378 e. The van der Waals surface area contributed by atoms with Crippen LogP contribution in [-0.4, -0.2) is 68.6 Å². The van der Waals surface area contributed by atoms with Crippen molar-refractivity contribution >= 4 is 35.8 Å². The molecule has 0 aromatic heterocycles. The van der Waals surface area contributed by atoms with Crippen molar-refractivity contribution < 1.29 is 9.53 Å². The fourth-order valence-corrected chi connectivity index (χ4v) is 1.18. The maximum atomic E-state index is 11.3. The Morgan fingerprint density at radius 2 is 2.00 bits per heavy atom. The Labute approximate surface area is 113 Å². The van der Waals surface area contributed by atoms with Gasteiger partial charge >= 0.3 is 0 Å². The zero-order chi connectivity index (χ0) is 11.3. The second-order valence-electron chi connectivity index (χ2n) is 3.56. The Morgan fingerprint density at radius 1 is 1.44 bits per heavy atom. The highest BCUT2D eigenvalue weighted by Gasteiger charge is 2.12. The van der Waals surface area contributed by atoms with Gasteiger partial charge in [-0.3, -0.25) is 4.79 Å². The van der Waals surface area contributed by atoms with E-state index in [4.69, 9.17) is 10.5 Å². The lowest BCUT2D eigenvalue weighted by molar-refractivity contribution is -0.127. The summed E-state index contributed by atoms with van der Waals surface area (Å²) in [4.78, 5) is 18.7. The first-order chi connectivity index (χ1) is 7.11. The Morgan fingerprint density at radius 3 is 2.50 bits per heavy atom. The van der Waals surface area contributed by atoms with Crippen molar-refractivity contribution in [3.63, 3.8) is 0 Å². The average Bonchev–Trinajstić information content (AvgIpc) is 2.26. The quantitative estimate of drug-likeness (QED) is 0.411. The molecule has 1 heterocycles. The van der Waals surface area contributed by atoms with Gasteiger partial charge in [-0.1, -0.05) is 0 Å². The van der Waals surface area contributed by atoms with E-state index in [1.54, 1.807) is 14.1 Å². The number of morpholine rings is 1. The molecule has 0 aliphatic carbocycles. The zero-order valence-corrected chi connectivity index (χ0v) is 12.0. The van der Waals surface area contributed by atoms with Crippen molar-refractivity contribution in [2.24, 2.45) is 10.7 Å². The van der Waals surface area contributed by atoms with Gasteiger partial charge in [0.15, 0.2) is 5.96 Å². The monoisotopic (exact) mass is 342 g/mol. The highest BCUT2D eigenvalue weighted by Crippen LogP contribution is 1.96. The van der Waals surface area contributed by atoms with E-state index in [9.17, 15) is 4.79 Å². The normalized spacial score (nSPS) is 16.6. The molecule has 0 atom stereocenters. The standard InChI is InChI=1S/C9H18N4O2.HI/c1-12(2)8(14)7-11-9(10)13-3-5-15-6-4-13;/h3-7H2,1-2H3,(H2,10,11);1H. The van der Waals surface area contributed by atoms with Gasteiger partial charge in [-0.05, 0) is 0 Å². The number of hydrogen-bond acceptors (Lipinski definition) is 3. The fourth-order valence-electron chi connectivity index (χ4n) is 1.18. The molecule has 2 N–H and O–H groups in total. The number of ether oxygens (including phenoxy) is 1. The van der Waals surface area contributed by atoms with Crippen LogP contribution >= 0.6 is 24.0 Å². The van der Waals surface area contributed by atoms with Crippen molar-refractivity contribution in [2.75, 3.05) is 46.9 Å². The summed E-state index contributed by atoms with van der Waals surface area (Å²) >= 11 is 0. The van der Waals surface area contributed by atoms with Crippen molar-refractivity contribution in [3.8, 4) is 0 Å². The van der Waals surface area contributed by atoms with Crippen LogP contribution in [-0.2, 0) is 9.53 Å². The molecule has 1 rings (SSSR count). The number of halogens is 1. The number of guanidine groups is 1. The molecule has 1 aliphatic heterocycles. The third-order valence-electron chi connectivity index (χ3n) is 2.21. The van der Waals surface area contributed by atoms with Crippen LogP contribution in [0.15, 0.2) is 4.99 Å². The molecule has 1 fully saturated rings. The lowest BCUT2D eigenvalue weighted by Crippen LogP contribution is -2.45. The number of aliphatic imine (C=N–C) groups is 1. The number of nitrogens with two attached hydrogens (primary N) is 1. The summed E-state index contributed by atoms with van der Waals surface area (Å²) < 4.78 is 5.19. The SMILES string of the molecule is CN(C)C(=O)CN=C(N)N1CCOCC1.I. The lowest BCUT2D eigenvalue weighted by atomic mass is 10.4. The van der Waals surface area contributed by atoms with Gasteiger partial charge in [0.05, 0.1) is 13.2 Å². The summed E-state index contributed by atoms with van der Waals surface area (Å²) in [6.45, 7) is 2.92. The molecule has 0 spiro atoms. The third kappa shape index (κ3) is 4.97. The minimum Gasteiger partial charge on any atom is -0.378 e. The van der Waals surface area contributed by atoms with E-state index in [2.05, 4.69) is 4.99 Å². The molecule has 94 valence electrons. The first kappa shape index (κ1) is 15.4. The van der Waals surface area contributed by atoms with Crippen LogP contribution in [0.4, 0.5) is 0 Å². The van der Waals surface area contributed by atoms with Crippen LogP contribution < -0.4 is 5.73 Å². The molecular weight excluding hydrogens is 323 g/mol. The van der Waals surface area contributed by atoms with Crippen LogP contribution in [0.1, 0.15) is 0 Å². The van der Waals surface area contributed by atoms with E-state index in [1.807, 2.05) is 4.90 Å². The molecule has 0 unspecified atom stereocenters. The maximum absolute atomic E-state index is 11.3. The van der Waals surface area contributed by atoms with E-state index in [1.165, 1.54) is 4.90 Å². The number of rotatable bonds is 2. The molecule has 1 saturated heterocycles. The second-order valence-corrected chi connectivity index (χ2v) is 3.56. The number of carbonyl (C=O) groups is 1. The number of amides is 1. The number of nitrogens with zero attached hydrogens (tertiary/aromatic N) is 3. The molecule has 16 heavy (non-hydrogen) atoms. The van der Waals surface area contributed by atoms with Gasteiger partial charge in [-0.15, -0.1) is 24.0 Å². The van der Waals surface area contributed by atoms with Crippen molar-refractivity contribution in [2.45, 2.75) is 0 Å². The molecule has 0 aromatic rings. The molecule has 0 saturated carbocycles. The van der Waals surface area contributed by atoms with Gasteiger partial charge in [-0.25, -0.2) is 4.99 Å². The molecule has 0 radical (unpaired) electrons. The van der Waals surface area contributed by atoms with Crippen LogP contribution in [0.2, 0.25) is 0 Å². The van der Waals surface area contributed by atoms with Crippen LogP contribution in [0.3, 0.4) is 0 Å². The van der Waals surface area contributed by atoms with E-state index in [-0.39, 0.29) is 36.4 Å². The highest BCUT2D eigenvalue weighted by atomic mass is 127. The number of likely N-dealkylation sites (N-methyl/N-ethyl adjacent to an activating group) is 1. The van der Waals surface area contributed by atoms with Gasteiger partial charge in [0.25, 0.3) is 0 Å². The van der Waals surface area contributed by atoms with E-state index >= 15 is 0 Å². The van der Waals surface area contributed by atoms with Crippen LogP contribution in [0.25, 0.3) is 0 Å². The van der Waals surface area contributed by atoms with E-state index < -0.39 is 0 Å². The average molecular weight is 342 g/mol. The Hall–Kier alpha value is -0.570. The minimum atomic E-state index is -0.0498. The fraction of sp³-hybridized carbons (Fsp3) is 0.778. The van der Waals surface area contributed by atoms with Gasteiger partial charge < -0.3 is 20.3 Å². The predicted molar refractivity (Wildman–Crippen MR) is 73.0 cm³/mol. The molecule has 7 heteroatoms.